The predicted molar refractivity (Wildman–Crippen MR) is 76.9 cm³/mol. The van der Waals surface area contributed by atoms with Gasteiger partial charge in [-0.2, -0.15) is 0 Å². The molecule has 1 fully saturated rings. The van der Waals surface area contributed by atoms with Crippen molar-refractivity contribution in [1.82, 2.24) is 4.90 Å². The van der Waals surface area contributed by atoms with E-state index in [9.17, 15) is 4.79 Å². The Balaban J connectivity index is 2.17. The Morgan fingerprint density at radius 2 is 2.42 bits per heavy atom. The fourth-order valence-electron chi connectivity index (χ4n) is 2.30. The van der Waals surface area contributed by atoms with Crippen molar-refractivity contribution in [3.05, 3.63) is 22.4 Å². The number of ether oxygens (including phenoxy) is 1. The zero-order chi connectivity index (χ0) is 14.0. The number of amides is 1. The van der Waals surface area contributed by atoms with Crippen LogP contribution in [0.1, 0.15) is 25.6 Å². The lowest BCUT2D eigenvalue weighted by Gasteiger charge is -2.35. The van der Waals surface area contributed by atoms with E-state index in [1.54, 1.807) is 11.3 Å². The molecule has 2 heterocycles. The zero-order valence-electron chi connectivity index (χ0n) is 11.8. The molecular weight excluding hydrogens is 260 g/mol. The molecule has 0 aromatic carbocycles. The highest BCUT2D eigenvalue weighted by Crippen LogP contribution is 2.31. The summed E-state index contributed by atoms with van der Waals surface area (Å²) in [7, 11) is 0. The lowest BCUT2D eigenvalue weighted by Crippen LogP contribution is -2.53. The number of nitrogens with two attached hydrogens (primary N) is 1. The highest BCUT2D eigenvalue weighted by molar-refractivity contribution is 7.09. The van der Waals surface area contributed by atoms with Gasteiger partial charge in [-0.1, -0.05) is 6.07 Å². The third-order valence-corrected chi connectivity index (χ3v) is 4.66. The summed E-state index contributed by atoms with van der Waals surface area (Å²) in [6.07, 6.45) is 0. The number of hydrogen-bond donors (Lipinski definition) is 1. The minimum absolute atomic E-state index is 0.0981. The molecule has 0 radical (unpaired) electrons. The van der Waals surface area contributed by atoms with Gasteiger partial charge in [-0.15, -0.1) is 11.3 Å². The number of carbonyl (C=O) groups is 1. The summed E-state index contributed by atoms with van der Waals surface area (Å²) in [4.78, 5) is 15.9. The Labute approximate surface area is 118 Å². The van der Waals surface area contributed by atoms with Gasteiger partial charge in [0.1, 0.15) is 0 Å². The Morgan fingerprint density at radius 1 is 1.68 bits per heavy atom. The molecule has 106 valence electrons. The molecular formula is C14H22N2O2S. The van der Waals surface area contributed by atoms with Crippen LogP contribution in [-0.2, 0) is 16.1 Å². The van der Waals surface area contributed by atoms with Crippen molar-refractivity contribution in [2.75, 3.05) is 13.2 Å². The second-order valence-corrected chi connectivity index (χ2v) is 6.68. The van der Waals surface area contributed by atoms with E-state index in [0.717, 1.165) is 0 Å². The van der Waals surface area contributed by atoms with E-state index >= 15 is 0 Å². The second kappa shape index (κ2) is 5.61. The van der Waals surface area contributed by atoms with E-state index in [0.29, 0.717) is 19.8 Å². The summed E-state index contributed by atoms with van der Waals surface area (Å²) in [6, 6.07) is 4.00. The monoisotopic (exact) mass is 282 g/mol. The van der Waals surface area contributed by atoms with Crippen LogP contribution in [0.4, 0.5) is 0 Å². The van der Waals surface area contributed by atoms with Gasteiger partial charge in [0.25, 0.3) is 0 Å². The molecule has 0 bridgehead atoms. The molecule has 2 N–H and O–H groups in total. The van der Waals surface area contributed by atoms with E-state index in [1.807, 2.05) is 37.1 Å². The zero-order valence-corrected chi connectivity index (χ0v) is 12.6. The van der Waals surface area contributed by atoms with E-state index in [-0.39, 0.29) is 18.0 Å². The summed E-state index contributed by atoms with van der Waals surface area (Å²) in [6.45, 7) is 7.52. The summed E-state index contributed by atoms with van der Waals surface area (Å²) in [5.41, 5.74) is 5.46. The van der Waals surface area contributed by atoms with Crippen molar-refractivity contribution in [2.24, 2.45) is 11.1 Å². The minimum atomic E-state index is -0.596. The maximum atomic E-state index is 12.8. The smallest absolute Gasteiger partial charge is 0.233 e. The van der Waals surface area contributed by atoms with Crippen molar-refractivity contribution in [2.45, 2.75) is 39.4 Å². The number of hydrogen-bond acceptors (Lipinski definition) is 4. The van der Waals surface area contributed by atoms with Gasteiger partial charge in [0, 0.05) is 17.0 Å². The molecule has 1 saturated heterocycles. The maximum absolute atomic E-state index is 12.8. The molecule has 1 aliphatic rings. The molecule has 0 aliphatic carbocycles. The van der Waals surface area contributed by atoms with Gasteiger partial charge < -0.3 is 15.4 Å². The van der Waals surface area contributed by atoms with Crippen LogP contribution in [0.3, 0.4) is 0 Å². The van der Waals surface area contributed by atoms with Crippen molar-refractivity contribution in [3.63, 3.8) is 0 Å². The molecule has 1 amide bonds. The highest BCUT2D eigenvalue weighted by atomic mass is 32.1. The largest absolute Gasteiger partial charge is 0.379 e. The number of rotatable bonds is 4. The van der Waals surface area contributed by atoms with Crippen molar-refractivity contribution >= 4 is 17.2 Å². The first kappa shape index (κ1) is 14.5. The molecule has 1 aliphatic heterocycles. The average Bonchev–Trinajstić information content (AvgIpc) is 2.97. The van der Waals surface area contributed by atoms with Crippen molar-refractivity contribution in [3.8, 4) is 0 Å². The molecule has 0 spiro atoms. The Morgan fingerprint density at radius 3 is 2.89 bits per heavy atom. The molecule has 2 rings (SSSR count). The first-order chi connectivity index (χ1) is 8.95. The van der Waals surface area contributed by atoms with E-state index in [4.69, 9.17) is 10.5 Å². The quantitative estimate of drug-likeness (QED) is 0.917. The Bertz CT molecular complexity index is 433. The van der Waals surface area contributed by atoms with E-state index in [1.165, 1.54) is 4.88 Å². The van der Waals surface area contributed by atoms with Gasteiger partial charge >= 0.3 is 0 Å². The first-order valence-corrected chi connectivity index (χ1v) is 7.50. The van der Waals surface area contributed by atoms with Gasteiger partial charge in [0.15, 0.2) is 0 Å². The number of nitrogens with zero attached hydrogens (tertiary/aromatic N) is 1. The van der Waals surface area contributed by atoms with E-state index < -0.39 is 5.41 Å². The topological polar surface area (TPSA) is 55.6 Å². The van der Waals surface area contributed by atoms with Crippen LogP contribution in [0.5, 0.6) is 0 Å². The average molecular weight is 282 g/mol. The number of carbonyl (C=O) groups excluding carboxylic acids is 1. The summed E-state index contributed by atoms with van der Waals surface area (Å²) >= 11 is 1.67. The minimum Gasteiger partial charge on any atom is -0.379 e. The third-order valence-electron chi connectivity index (χ3n) is 3.80. The fraction of sp³-hybridized carbons (Fsp3) is 0.643. The SMILES string of the molecule is CC(C)N(Cc1cccs1)C(=O)C1(C)COCC1N. The molecule has 2 unspecified atom stereocenters. The van der Waals surface area contributed by atoms with Gasteiger partial charge in [0.2, 0.25) is 5.91 Å². The van der Waals surface area contributed by atoms with Gasteiger partial charge in [0.05, 0.1) is 25.2 Å². The van der Waals surface area contributed by atoms with Crippen LogP contribution >= 0.6 is 11.3 Å². The van der Waals surface area contributed by atoms with E-state index in [2.05, 4.69) is 6.07 Å². The van der Waals surface area contributed by atoms with Crippen LogP contribution in [0.25, 0.3) is 0 Å². The lowest BCUT2D eigenvalue weighted by atomic mass is 9.84. The molecule has 2 atom stereocenters. The van der Waals surface area contributed by atoms with Crippen LogP contribution in [0, 0.1) is 5.41 Å². The summed E-state index contributed by atoms with van der Waals surface area (Å²) < 4.78 is 5.39. The standard InChI is InChI=1S/C14H22N2O2S/c1-10(2)16(7-11-5-4-6-19-11)13(17)14(3)9-18-8-12(14)15/h4-6,10,12H,7-9,15H2,1-3H3. The predicted octanol–water partition coefficient (Wildman–Crippen LogP) is 1.85. The molecule has 1 aromatic heterocycles. The summed E-state index contributed by atoms with van der Waals surface area (Å²) in [5.74, 6) is 0.0981. The third kappa shape index (κ3) is 2.83. The normalized spacial score (nSPS) is 26.9. The van der Waals surface area contributed by atoms with Crippen LogP contribution < -0.4 is 5.73 Å². The summed E-state index contributed by atoms with van der Waals surface area (Å²) in [5, 5.41) is 2.03. The first-order valence-electron chi connectivity index (χ1n) is 6.62. The molecule has 4 nitrogen and oxygen atoms in total. The molecule has 1 aromatic rings. The van der Waals surface area contributed by atoms with Crippen molar-refractivity contribution in [1.29, 1.82) is 0 Å². The maximum Gasteiger partial charge on any atom is 0.233 e. The Kier molecular flexibility index (Phi) is 4.28. The second-order valence-electron chi connectivity index (χ2n) is 5.65. The molecule has 5 heteroatoms. The molecule has 19 heavy (non-hydrogen) atoms. The van der Waals surface area contributed by atoms with Crippen LogP contribution in [0.2, 0.25) is 0 Å². The van der Waals surface area contributed by atoms with Gasteiger partial charge in [-0.25, -0.2) is 0 Å². The van der Waals surface area contributed by atoms with Gasteiger partial charge in [-0.05, 0) is 32.2 Å². The fourth-order valence-corrected chi connectivity index (χ4v) is 3.00. The highest BCUT2D eigenvalue weighted by Gasteiger charge is 2.46. The van der Waals surface area contributed by atoms with Crippen LogP contribution in [0.15, 0.2) is 17.5 Å². The van der Waals surface area contributed by atoms with Crippen molar-refractivity contribution < 1.29 is 9.53 Å². The Hall–Kier alpha value is -0.910. The van der Waals surface area contributed by atoms with Crippen LogP contribution in [-0.4, -0.2) is 36.1 Å². The number of thiophene rings is 1. The van der Waals surface area contributed by atoms with Gasteiger partial charge in [-0.3, -0.25) is 4.79 Å². The lowest BCUT2D eigenvalue weighted by molar-refractivity contribution is -0.144. The molecule has 0 saturated carbocycles.